The minimum Gasteiger partial charge on any atom is -0.452 e. The van der Waals surface area contributed by atoms with E-state index in [9.17, 15) is 9.59 Å². The summed E-state index contributed by atoms with van der Waals surface area (Å²) in [6.07, 6.45) is 4.86. The summed E-state index contributed by atoms with van der Waals surface area (Å²) in [5.74, 6) is -0.840. The highest BCUT2D eigenvalue weighted by Crippen LogP contribution is 2.29. The predicted octanol–water partition coefficient (Wildman–Crippen LogP) is 4.63. The van der Waals surface area contributed by atoms with Crippen LogP contribution in [0.4, 0.5) is 0 Å². The molecule has 0 radical (unpaired) electrons. The number of hydrogen-bond acceptors (Lipinski definition) is 4. The molecule has 0 spiro atoms. The average molecular weight is 423 g/mol. The summed E-state index contributed by atoms with van der Waals surface area (Å²) in [4.78, 5) is 30.0. The Morgan fingerprint density at radius 3 is 2.63 bits per heavy atom. The monoisotopic (exact) mass is 422 g/mol. The SMILES string of the molecule is O=C(COC(=O)c1c2c(nc3ccccc13)CCCCC2)NCc1ccccc1Cl. The van der Waals surface area contributed by atoms with Crippen molar-refractivity contribution in [3.8, 4) is 0 Å². The van der Waals surface area contributed by atoms with Crippen molar-refractivity contribution in [2.45, 2.75) is 38.6 Å². The van der Waals surface area contributed by atoms with Gasteiger partial charge in [0.25, 0.3) is 5.91 Å². The molecule has 0 saturated heterocycles. The fraction of sp³-hybridized carbons (Fsp3) is 0.292. The number of nitrogens with zero attached hydrogens (tertiary/aromatic N) is 1. The van der Waals surface area contributed by atoms with Gasteiger partial charge in [0.2, 0.25) is 0 Å². The van der Waals surface area contributed by atoms with Gasteiger partial charge in [0.05, 0.1) is 11.1 Å². The number of carbonyl (C=O) groups excluding carboxylic acids is 2. The molecule has 1 aliphatic carbocycles. The van der Waals surface area contributed by atoms with Gasteiger partial charge < -0.3 is 10.1 Å². The van der Waals surface area contributed by atoms with Gasteiger partial charge in [0.1, 0.15) is 0 Å². The van der Waals surface area contributed by atoms with Crippen LogP contribution in [0.5, 0.6) is 0 Å². The average Bonchev–Trinajstić information content (AvgIpc) is 3.00. The van der Waals surface area contributed by atoms with Crippen molar-refractivity contribution in [3.05, 3.63) is 75.9 Å². The zero-order valence-electron chi connectivity index (χ0n) is 16.6. The number of halogens is 1. The largest absolute Gasteiger partial charge is 0.452 e. The number of ether oxygens (including phenoxy) is 1. The molecule has 4 rings (SSSR count). The van der Waals surface area contributed by atoms with Crippen LogP contribution in [-0.2, 0) is 28.9 Å². The summed E-state index contributed by atoms with van der Waals surface area (Å²) in [6, 6.07) is 14.9. The normalized spacial score (nSPS) is 13.4. The number of nitrogens with one attached hydrogen (secondary N) is 1. The minimum absolute atomic E-state index is 0.281. The highest BCUT2D eigenvalue weighted by Gasteiger charge is 2.23. The number of hydrogen-bond donors (Lipinski definition) is 1. The molecule has 1 heterocycles. The van der Waals surface area contributed by atoms with E-state index in [1.54, 1.807) is 6.07 Å². The van der Waals surface area contributed by atoms with Gasteiger partial charge in [-0.1, -0.05) is 54.4 Å². The van der Waals surface area contributed by atoms with Crippen molar-refractivity contribution in [2.75, 3.05) is 6.61 Å². The summed E-state index contributed by atoms with van der Waals surface area (Å²) in [5, 5.41) is 4.10. The Balaban J connectivity index is 1.50. The van der Waals surface area contributed by atoms with E-state index < -0.39 is 5.97 Å². The molecule has 1 aromatic heterocycles. The third-order valence-corrected chi connectivity index (χ3v) is 5.76. The number of rotatable bonds is 5. The molecule has 30 heavy (non-hydrogen) atoms. The van der Waals surface area contributed by atoms with Crippen LogP contribution >= 0.6 is 11.6 Å². The Hall–Kier alpha value is -2.92. The van der Waals surface area contributed by atoms with E-state index in [1.807, 2.05) is 42.5 Å². The fourth-order valence-electron chi connectivity index (χ4n) is 3.87. The van der Waals surface area contributed by atoms with Crippen molar-refractivity contribution in [1.82, 2.24) is 10.3 Å². The van der Waals surface area contributed by atoms with Crippen LogP contribution in [0.3, 0.4) is 0 Å². The molecule has 1 aliphatic rings. The number of carbonyl (C=O) groups is 2. The van der Waals surface area contributed by atoms with Crippen LogP contribution in [0.1, 0.15) is 46.4 Å². The maximum Gasteiger partial charge on any atom is 0.339 e. The molecule has 6 heteroatoms. The number of esters is 1. The molecule has 0 aliphatic heterocycles. The van der Waals surface area contributed by atoms with Crippen LogP contribution in [0.25, 0.3) is 10.9 Å². The summed E-state index contributed by atoms with van der Waals surface area (Å²) in [7, 11) is 0. The first-order chi connectivity index (χ1) is 14.6. The second-order valence-electron chi connectivity index (χ2n) is 7.43. The van der Waals surface area contributed by atoms with E-state index in [0.717, 1.165) is 59.8 Å². The van der Waals surface area contributed by atoms with Gasteiger partial charge in [0.15, 0.2) is 6.61 Å². The van der Waals surface area contributed by atoms with Crippen LogP contribution < -0.4 is 5.32 Å². The van der Waals surface area contributed by atoms with Gasteiger partial charge in [-0.25, -0.2) is 4.79 Å². The van der Waals surface area contributed by atoms with Crippen molar-refractivity contribution >= 4 is 34.4 Å². The third kappa shape index (κ3) is 4.46. The van der Waals surface area contributed by atoms with E-state index in [2.05, 4.69) is 5.32 Å². The van der Waals surface area contributed by atoms with Crippen molar-refractivity contribution < 1.29 is 14.3 Å². The van der Waals surface area contributed by atoms with Crippen LogP contribution in [-0.4, -0.2) is 23.5 Å². The maximum absolute atomic E-state index is 13.0. The van der Waals surface area contributed by atoms with Crippen LogP contribution in [0, 0.1) is 0 Å². The van der Waals surface area contributed by atoms with E-state index in [4.69, 9.17) is 21.3 Å². The lowest BCUT2D eigenvalue weighted by molar-refractivity contribution is -0.124. The van der Waals surface area contributed by atoms with Gasteiger partial charge >= 0.3 is 5.97 Å². The summed E-state index contributed by atoms with van der Waals surface area (Å²) < 4.78 is 5.41. The number of benzene rings is 2. The molecule has 3 aromatic rings. The van der Waals surface area contributed by atoms with Gasteiger partial charge in [-0.3, -0.25) is 9.78 Å². The Labute approximate surface area is 180 Å². The molecule has 5 nitrogen and oxygen atoms in total. The fourth-order valence-corrected chi connectivity index (χ4v) is 4.07. The number of para-hydroxylation sites is 1. The number of fused-ring (bicyclic) bond motifs is 2. The number of pyridine rings is 1. The summed E-state index contributed by atoms with van der Waals surface area (Å²) in [6.45, 7) is -0.0572. The maximum atomic E-state index is 13.0. The quantitative estimate of drug-likeness (QED) is 0.480. The molecule has 1 N–H and O–H groups in total. The lowest BCUT2D eigenvalue weighted by Crippen LogP contribution is -2.28. The van der Waals surface area contributed by atoms with E-state index in [-0.39, 0.29) is 19.1 Å². The first-order valence-electron chi connectivity index (χ1n) is 10.2. The van der Waals surface area contributed by atoms with Crippen LogP contribution in [0.2, 0.25) is 5.02 Å². The van der Waals surface area contributed by atoms with Crippen molar-refractivity contribution in [2.24, 2.45) is 0 Å². The molecule has 1 amide bonds. The van der Waals surface area contributed by atoms with Crippen molar-refractivity contribution in [3.63, 3.8) is 0 Å². The molecular formula is C24H23ClN2O3. The zero-order valence-corrected chi connectivity index (χ0v) is 17.4. The zero-order chi connectivity index (χ0) is 20.9. The van der Waals surface area contributed by atoms with Crippen LogP contribution in [0.15, 0.2) is 48.5 Å². The van der Waals surface area contributed by atoms with Crippen molar-refractivity contribution in [1.29, 1.82) is 0 Å². The Morgan fingerprint density at radius 1 is 1.00 bits per heavy atom. The topological polar surface area (TPSA) is 68.3 Å². The van der Waals surface area contributed by atoms with E-state index >= 15 is 0 Å². The third-order valence-electron chi connectivity index (χ3n) is 5.39. The number of aromatic nitrogens is 1. The second-order valence-corrected chi connectivity index (χ2v) is 7.84. The standard InChI is InChI=1S/C24H23ClN2O3/c25-19-11-6-4-8-16(19)14-26-22(28)15-30-24(29)23-17-9-2-1-3-12-20(17)27-21-13-7-5-10-18(21)23/h4-8,10-11,13H,1-3,9,12,14-15H2,(H,26,28). The van der Waals surface area contributed by atoms with E-state index in [0.29, 0.717) is 10.6 Å². The molecule has 0 saturated carbocycles. The number of aryl methyl sites for hydroxylation is 1. The molecule has 0 bridgehead atoms. The molecule has 0 atom stereocenters. The molecule has 0 unspecified atom stereocenters. The van der Waals surface area contributed by atoms with Gasteiger partial charge in [-0.15, -0.1) is 0 Å². The number of amides is 1. The Morgan fingerprint density at radius 2 is 1.77 bits per heavy atom. The Kier molecular flexibility index (Phi) is 6.29. The second kappa shape index (κ2) is 9.26. The highest BCUT2D eigenvalue weighted by atomic mass is 35.5. The first kappa shape index (κ1) is 20.4. The van der Waals surface area contributed by atoms with Gasteiger partial charge in [0, 0.05) is 22.6 Å². The molecule has 0 fully saturated rings. The van der Waals surface area contributed by atoms with E-state index in [1.165, 1.54) is 0 Å². The predicted molar refractivity (Wildman–Crippen MR) is 117 cm³/mol. The molecule has 154 valence electrons. The van der Waals surface area contributed by atoms with Gasteiger partial charge in [-0.05, 0) is 48.9 Å². The minimum atomic E-state index is -0.473. The molecule has 2 aromatic carbocycles. The first-order valence-corrected chi connectivity index (χ1v) is 10.6. The summed E-state index contributed by atoms with van der Waals surface area (Å²) in [5.41, 5.74) is 4.09. The van der Waals surface area contributed by atoms with Gasteiger partial charge in [-0.2, -0.15) is 0 Å². The summed E-state index contributed by atoms with van der Waals surface area (Å²) >= 11 is 6.11. The lowest BCUT2D eigenvalue weighted by Gasteiger charge is -2.15. The lowest BCUT2D eigenvalue weighted by atomic mass is 9.97. The Bertz CT molecular complexity index is 1100. The highest BCUT2D eigenvalue weighted by molar-refractivity contribution is 6.31. The smallest absolute Gasteiger partial charge is 0.339 e. The molecular weight excluding hydrogens is 400 g/mol.